The molecule has 3 rings (SSSR count). The van der Waals surface area contributed by atoms with Gasteiger partial charge in [0.05, 0.1) is 26.4 Å². The third kappa shape index (κ3) is 6.01. The summed E-state index contributed by atoms with van der Waals surface area (Å²) in [4.78, 5) is 12.5. The first-order valence-corrected chi connectivity index (χ1v) is 10.2. The van der Waals surface area contributed by atoms with E-state index in [0.717, 1.165) is 11.3 Å². The molecular weight excluding hydrogens is 396 g/mol. The number of benzene rings is 2. The molecule has 0 bridgehead atoms. The lowest BCUT2D eigenvalue weighted by atomic mass is 10.1. The number of methoxy groups -OCH3 is 2. The molecule has 0 aliphatic carbocycles. The molecular formula is C24H28N2O5. The van der Waals surface area contributed by atoms with Crippen LogP contribution in [0.3, 0.4) is 0 Å². The third-order valence-corrected chi connectivity index (χ3v) is 4.62. The van der Waals surface area contributed by atoms with Crippen molar-refractivity contribution in [1.29, 1.82) is 0 Å². The summed E-state index contributed by atoms with van der Waals surface area (Å²) in [6.45, 7) is 5.40. The first-order chi connectivity index (χ1) is 15.0. The lowest BCUT2D eigenvalue weighted by molar-refractivity contribution is 0.0945. The normalized spacial score (nSPS) is 10.7. The van der Waals surface area contributed by atoms with Gasteiger partial charge in [-0.05, 0) is 48.2 Å². The number of aromatic nitrogens is 1. The molecule has 2 aromatic carbocycles. The van der Waals surface area contributed by atoms with E-state index in [9.17, 15) is 4.79 Å². The molecule has 7 heteroatoms. The van der Waals surface area contributed by atoms with Crippen molar-refractivity contribution >= 4 is 5.91 Å². The van der Waals surface area contributed by atoms with Gasteiger partial charge in [0.25, 0.3) is 5.91 Å². The van der Waals surface area contributed by atoms with Crippen LogP contribution in [0.4, 0.5) is 0 Å². The van der Waals surface area contributed by atoms with Crippen LogP contribution in [0.25, 0.3) is 11.3 Å². The fraction of sp³-hybridized carbons (Fsp3) is 0.333. The number of ether oxygens (including phenoxy) is 3. The molecule has 1 heterocycles. The van der Waals surface area contributed by atoms with E-state index in [0.29, 0.717) is 48.3 Å². The Bertz CT molecular complexity index is 995. The van der Waals surface area contributed by atoms with Crippen molar-refractivity contribution in [3.8, 4) is 28.6 Å². The smallest absolute Gasteiger partial charge is 0.273 e. The number of rotatable bonds is 10. The summed E-state index contributed by atoms with van der Waals surface area (Å²) in [7, 11) is 3.15. The zero-order valence-corrected chi connectivity index (χ0v) is 18.3. The Kier molecular flexibility index (Phi) is 7.54. The van der Waals surface area contributed by atoms with Crippen LogP contribution in [0.1, 0.15) is 29.9 Å². The van der Waals surface area contributed by atoms with Crippen LogP contribution < -0.4 is 19.5 Å². The van der Waals surface area contributed by atoms with E-state index in [1.54, 1.807) is 38.5 Å². The maximum Gasteiger partial charge on any atom is 0.273 e. The summed E-state index contributed by atoms with van der Waals surface area (Å²) in [6, 6.07) is 14.8. The highest BCUT2D eigenvalue weighted by Gasteiger charge is 2.17. The molecule has 0 atom stereocenters. The Morgan fingerprint density at radius 3 is 2.45 bits per heavy atom. The Morgan fingerprint density at radius 2 is 1.77 bits per heavy atom. The summed E-state index contributed by atoms with van der Waals surface area (Å²) in [5.74, 6) is 2.72. The van der Waals surface area contributed by atoms with Crippen LogP contribution in [0.2, 0.25) is 0 Å². The molecule has 1 N–H and O–H groups in total. The molecule has 3 aromatic rings. The molecule has 164 valence electrons. The van der Waals surface area contributed by atoms with Crippen molar-refractivity contribution in [2.45, 2.75) is 20.3 Å². The number of nitrogens with one attached hydrogen (secondary N) is 1. The van der Waals surface area contributed by atoms with Crippen molar-refractivity contribution in [2.75, 3.05) is 27.4 Å². The lowest BCUT2D eigenvalue weighted by Gasteiger charge is -2.09. The van der Waals surface area contributed by atoms with Crippen molar-refractivity contribution in [3.63, 3.8) is 0 Å². The van der Waals surface area contributed by atoms with E-state index in [4.69, 9.17) is 18.7 Å². The van der Waals surface area contributed by atoms with Crippen molar-refractivity contribution in [1.82, 2.24) is 10.5 Å². The van der Waals surface area contributed by atoms with E-state index in [1.165, 1.54) is 0 Å². The number of carbonyl (C=O) groups is 1. The maximum absolute atomic E-state index is 12.5. The molecule has 0 radical (unpaired) electrons. The monoisotopic (exact) mass is 424 g/mol. The molecule has 31 heavy (non-hydrogen) atoms. The van der Waals surface area contributed by atoms with Crippen molar-refractivity contribution in [2.24, 2.45) is 5.92 Å². The summed E-state index contributed by atoms with van der Waals surface area (Å²) in [5, 5.41) is 6.76. The zero-order chi connectivity index (χ0) is 22.2. The van der Waals surface area contributed by atoms with E-state index in [2.05, 4.69) is 24.3 Å². The first kappa shape index (κ1) is 22.2. The molecule has 0 spiro atoms. The van der Waals surface area contributed by atoms with Gasteiger partial charge < -0.3 is 24.1 Å². The fourth-order valence-electron chi connectivity index (χ4n) is 2.94. The molecule has 1 aromatic heterocycles. The topological polar surface area (TPSA) is 82.8 Å². The highest BCUT2D eigenvalue weighted by Crippen LogP contribution is 2.33. The lowest BCUT2D eigenvalue weighted by Crippen LogP contribution is -2.25. The van der Waals surface area contributed by atoms with Gasteiger partial charge in [-0.25, -0.2) is 0 Å². The average molecular weight is 424 g/mol. The van der Waals surface area contributed by atoms with Crippen molar-refractivity contribution < 1.29 is 23.5 Å². The second-order valence-corrected chi connectivity index (χ2v) is 7.50. The number of amides is 1. The van der Waals surface area contributed by atoms with Gasteiger partial charge >= 0.3 is 0 Å². The zero-order valence-electron chi connectivity index (χ0n) is 18.3. The van der Waals surface area contributed by atoms with Crippen LogP contribution >= 0.6 is 0 Å². The summed E-state index contributed by atoms with van der Waals surface area (Å²) < 4.78 is 21.7. The van der Waals surface area contributed by atoms with Gasteiger partial charge in [-0.1, -0.05) is 31.1 Å². The van der Waals surface area contributed by atoms with Crippen LogP contribution in [-0.4, -0.2) is 38.4 Å². The van der Waals surface area contributed by atoms with Gasteiger partial charge in [0.1, 0.15) is 17.2 Å². The molecule has 0 aliphatic heterocycles. The number of nitrogens with zero attached hydrogens (tertiary/aromatic N) is 1. The van der Waals surface area contributed by atoms with Gasteiger partial charge in [-0.3, -0.25) is 4.79 Å². The molecule has 0 saturated carbocycles. The Morgan fingerprint density at radius 1 is 1.03 bits per heavy atom. The van der Waals surface area contributed by atoms with E-state index in [1.807, 2.05) is 24.3 Å². The number of carbonyl (C=O) groups excluding carboxylic acids is 1. The van der Waals surface area contributed by atoms with Crippen LogP contribution in [0.5, 0.6) is 17.2 Å². The number of hydrogen-bond acceptors (Lipinski definition) is 6. The van der Waals surface area contributed by atoms with Crippen LogP contribution in [-0.2, 0) is 6.42 Å². The Hall–Kier alpha value is -3.48. The Labute approximate surface area is 182 Å². The van der Waals surface area contributed by atoms with Gasteiger partial charge in [0.2, 0.25) is 0 Å². The molecule has 0 saturated heterocycles. The fourth-order valence-corrected chi connectivity index (χ4v) is 2.94. The predicted octanol–water partition coefficient (Wildman–Crippen LogP) is 4.37. The second-order valence-electron chi connectivity index (χ2n) is 7.50. The standard InChI is InChI=1S/C24H28N2O5/c1-16(2)15-30-18-7-5-17(6-8-18)11-12-25-24(27)21-14-23(31-26-21)20-13-19(28-3)9-10-22(20)29-4/h5-10,13-14,16H,11-12,15H2,1-4H3,(H,25,27). The molecule has 0 unspecified atom stereocenters. The third-order valence-electron chi connectivity index (χ3n) is 4.62. The van der Waals surface area contributed by atoms with Crippen molar-refractivity contribution in [3.05, 3.63) is 59.8 Å². The highest BCUT2D eigenvalue weighted by molar-refractivity contribution is 5.93. The van der Waals surface area contributed by atoms with E-state index < -0.39 is 0 Å². The maximum atomic E-state index is 12.5. The minimum Gasteiger partial charge on any atom is -0.497 e. The summed E-state index contributed by atoms with van der Waals surface area (Å²) in [5.41, 5.74) is 1.98. The quantitative estimate of drug-likeness (QED) is 0.521. The minimum absolute atomic E-state index is 0.206. The van der Waals surface area contributed by atoms with Gasteiger partial charge in [0.15, 0.2) is 11.5 Å². The second kappa shape index (κ2) is 10.5. The van der Waals surface area contributed by atoms with Gasteiger partial charge in [-0.2, -0.15) is 0 Å². The Balaban J connectivity index is 1.56. The highest BCUT2D eigenvalue weighted by atomic mass is 16.5. The molecule has 1 amide bonds. The van der Waals surface area contributed by atoms with Crippen LogP contribution in [0, 0.1) is 5.92 Å². The average Bonchev–Trinajstić information content (AvgIpc) is 3.28. The first-order valence-electron chi connectivity index (χ1n) is 10.2. The largest absolute Gasteiger partial charge is 0.497 e. The van der Waals surface area contributed by atoms with Gasteiger partial charge in [0, 0.05) is 12.6 Å². The van der Waals surface area contributed by atoms with Crippen LogP contribution in [0.15, 0.2) is 53.1 Å². The van der Waals surface area contributed by atoms with E-state index in [-0.39, 0.29) is 11.6 Å². The molecule has 7 nitrogen and oxygen atoms in total. The minimum atomic E-state index is -0.297. The predicted molar refractivity (Wildman–Crippen MR) is 118 cm³/mol. The molecule has 0 aliphatic rings. The summed E-state index contributed by atoms with van der Waals surface area (Å²) in [6.07, 6.45) is 0.699. The molecule has 0 fully saturated rings. The summed E-state index contributed by atoms with van der Waals surface area (Å²) >= 11 is 0. The SMILES string of the molecule is COc1ccc(OC)c(-c2cc(C(=O)NCCc3ccc(OCC(C)C)cc3)no2)c1. The van der Waals surface area contributed by atoms with E-state index >= 15 is 0 Å². The van der Waals surface area contributed by atoms with Gasteiger partial charge in [-0.15, -0.1) is 0 Å². The number of hydrogen-bond donors (Lipinski definition) is 1.